The molecule has 7 heteroatoms. The molecule has 7 nitrogen and oxygen atoms in total. The van der Waals surface area contributed by atoms with Gasteiger partial charge in [0.2, 0.25) is 0 Å². The fourth-order valence-electron chi connectivity index (χ4n) is 5.94. The molecule has 5 rings (SSSR count). The first-order valence-corrected chi connectivity index (χ1v) is 12.7. The molecule has 1 fully saturated rings. The lowest BCUT2D eigenvalue weighted by atomic mass is 9.81. The van der Waals surface area contributed by atoms with Gasteiger partial charge in [-0.2, -0.15) is 0 Å². The van der Waals surface area contributed by atoms with Crippen LogP contribution in [0.3, 0.4) is 0 Å². The zero-order chi connectivity index (χ0) is 24.5. The molecule has 2 amide bonds. The average molecular weight is 475 g/mol. The standard InChI is InChI=1S/C28H34N4O3/c1-18(16-19-6-4-3-5-7-19)32-24-13-12-20-14-15-31(28(35)29-2)17-23(20)25(24)30-26(32)21-8-10-22(11-9-21)27(33)34/h3-7,12-13,18,21-22H,8-11,14-17H2,1-2H3,(H,29,35)(H,33,34)/t18-,21?,22?/m0/s1. The second kappa shape index (κ2) is 9.72. The van der Waals surface area contributed by atoms with Gasteiger partial charge in [-0.05, 0) is 62.6 Å². The molecule has 0 unspecified atom stereocenters. The number of aliphatic carboxylic acids is 1. The number of benzene rings is 2. The Morgan fingerprint density at radius 3 is 2.54 bits per heavy atom. The fourth-order valence-corrected chi connectivity index (χ4v) is 5.94. The highest BCUT2D eigenvalue weighted by atomic mass is 16.4. The first-order valence-electron chi connectivity index (χ1n) is 12.7. The lowest BCUT2D eigenvalue weighted by Gasteiger charge is -2.29. The Labute approximate surface area is 206 Å². The Balaban J connectivity index is 1.56. The van der Waals surface area contributed by atoms with Crippen LogP contribution in [-0.4, -0.2) is 45.2 Å². The van der Waals surface area contributed by atoms with Crippen molar-refractivity contribution >= 4 is 23.0 Å². The molecule has 184 valence electrons. The van der Waals surface area contributed by atoms with Gasteiger partial charge in [-0.1, -0.05) is 36.4 Å². The van der Waals surface area contributed by atoms with Gasteiger partial charge in [0, 0.05) is 37.7 Å². The number of carboxylic acid groups (broad SMARTS) is 1. The quantitative estimate of drug-likeness (QED) is 0.551. The van der Waals surface area contributed by atoms with Crippen molar-refractivity contribution in [1.82, 2.24) is 19.8 Å². The van der Waals surface area contributed by atoms with Crippen LogP contribution < -0.4 is 5.32 Å². The summed E-state index contributed by atoms with van der Waals surface area (Å²) in [7, 11) is 1.67. The maximum Gasteiger partial charge on any atom is 0.317 e. The van der Waals surface area contributed by atoms with E-state index in [1.807, 2.05) is 11.0 Å². The minimum atomic E-state index is -0.683. The van der Waals surface area contributed by atoms with Crippen molar-refractivity contribution in [2.45, 2.75) is 64.0 Å². The van der Waals surface area contributed by atoms with Crippen LogP contribution in [0.15, 0.2) is 42.5 Å². The normalized spacial score (nSPS) is 20.9. The first-order chi connectivity index (χ1) is 17.0. The number of aromatic nitrogens is 2. The number of carboxylic acids is 1. The van der Waals surface area contributed by atoms with Crippen molar-refractivity contribution in [2.24, 2.45) is 5.92 Å². The lowest BCUT2D eigenvalue weighted by molar-refractivity contribution is -0.142. The Kier molecular flexibility index (Phi) is 6.50. The molecule has 1 atom stereocenters. The highest BCUT2D eigenvalue weighted by molar-refractivity contribution is 5.83. The number of amides is 2. The minimum absolute atomic E-state index is 0.0586. The van der Waals surface area contributed by atoms with E-state index in [9.17, 15) is 14.7 Å². The van der Waals surface area contributed by atoms with E-state index in [1.54, 1.807) is 7.05 Å². The molecule has 3 aromatic rings. The number of imidazole rings is 1. The molecular weight excluding hydrogens is 440 g/mol. The third-order valence-electron chi connectivity index (χ3n) is 7.85. The molecule has 2 N–H and O–H groups in total. The Morgan fingerprint density at radius 2 is 1.86 bits per heavy atom. The first kappa shape index (κ1) is 23.4. The van der Waals surface area contributed by atoms with Gasteiger partial charge in [-0.25, -0.2) is 9.78 Å². The van der Waals surface area contributed by atoms with Crippen molar-refractivity contribution in [2.75, 3.05) is 13.6 Å². The largest absolute Gasteiger partial charge is 0.481 e. The SMILES string of the molecule is CNC(=O)N1CCc2ccc3c(nc(C4CCC(C(=O)O)CC4)n3[C@@H](C)Cc3ccccc3)c2C1. The van der Waals surface area contributed by atoms with Crippen LogP contribution in [0.5, 0.6) is 0 Å². The van der Waals surface area contributed by atoms with Crippen LogP contribution in [0, 0.1) is 5.92 Å². The molecule has 2 heterocycles. The van der Waals surface area contributed by atoms with Gasteiger partial charge in [0.25, 0.3) is 0 Å². The van der Waals surface area contributed by atoms with Gasteiger partial charge in [0.05, 0.1) is 17.0 Å². The Bertz CT molecular complexity index is 1230. The summed E-state index contributed by atoms with van der Waals surface area (Å²) in [5.41, 5.74) is 5.79. The van der Waals surface area contributed by atoms with Crippen LogP contribution in [0.4, 0.5) is 4.79 Å². The average Bonchev–Trinajstić information content (AvgIpc) is 3.29. The van der Waals surface area contributed by atoms with Crippen molar-refractivity contribution < 1.29 is 14.7 Å². The number of carbonyl (C=O) groups is 2. The van der Waals surface area contributed by atoms with Crippen molar-refractivity contribution in [3.8, 4) is 0 Å². The number of hydrogen-bond donors (Lipinski definition) is 2. The van der Waals surface area contributed by atoms with Crippen LogP contribution in [0.2, 0.25) is 0 Å². The van der Waals surface area contributed by atoms with Gasteiger partial charge in [0.1, 0.15) is 5.82 Å². The number of nitrogens with zero attached hydrogens (tertiary/aromatic N) is 3. The highest BCUT2D eigenvalue weighted by Crippen LogP contribution is 2.40. The van der Waals surface area contributed by atoms with Crippen LogP contribution >= 0.6 is 0 Å². The van der Waals surface area contributed by atoms with Gasteiger partial charge >= 0.3 is 12.0 Å². The molecule has 0 radical (unpaired) electrons. The number of carbonyl (C=O) groups excluding carboxylic acids is 1. The van der Waals surface area contributed by atoms with E-state index in [4.69, 9.17) is 4.98 Å². The van der Waals surface area contributed by atoms with Gasteiger partial charge in [0.15, 0.2) is 0 Å². The number of urea groups is 1. The molecular formula is C28H34N4O3. The maximum absolute atomic E-state index is 12.4. The van der Waals surface area contributed by atoms with Crippen molar-refractivity contribution in [1.29, 1.82) is 0 Å². The van der Waals surface area contributed by atoms with E-state index >= 15 is 0 Å². The molecule has 35 heavy (non-hydrogen) atoms. The third-order valence-corrected chi connectivity index (χ3v) is 7.85. The molecule has 0 spiro atoms. The summed E-state index contributed by atoms with van der Waals surface area (Å²) >= 11 is 0. The van der Waals surface area contributed by atoms with Crippen LogP contribution in [0.25, 0.3) is 11.0 Å². The van der Waals surface area contributed by atoms with Gasteiger partial charge < -0.3 is 19.9 Å². The lowest BCUT2D eigenvalue weighted by Crippen LogP contribution is -2.41. The second-order valence-electron chi connectivity index (χ2n) is 10.1. The number of hydrogen-bond acceptors (Lipinski definition) is 3. The molecule has 2 aromatic carbocycles. The fraction of sp³-hybridized carbons (Fsp3) is 0.464. The summed E-state index contributed by atoms with van der Waals surface area (Å²) < 4.78 is 2.40. The predicted octanol–water partition coefficient (Wildman–Crippen LogP) is 4.90. The molecule has 1 aromatic heterocycles. The summed E-state index contributed by atoms with van der Waals surface area (Å²) in [6, 6.07) is 15.1. The summed E-state index contributed by atoms with van der Waals surface area (Å²) in [4.78, 5) is 31.0. The highest BCUT2D eigenvalue weighted by Gasteiger charge is 2.32. The van der Waals surface area contributed by atoms with E-state index < -0.39 is 5.97 Å². The molecule has 0 bridgehead atoms. The van der Waals surface area contributed by atoms with Crippen molar-refractivity contribution in [3.05, 3.63) is 65.0 Å². The maximum atomic E-state index is 12.4. The number of fused-ring (bicyclic) bond motifs is 3. The van der Waals surface area contributed by atoms with E-state index in [2.05, 4.69) is 53.2 Å². The van der Waals surface area contributed by atoms with E-state index in [0.717, 1.165) is 48.1 Å². The summed E-state index contributed by atoms with van der Waals surface area (Å²) in [5, 5.41) is 12.2. The van der Waals surface area contributed by atoms with E-state index in [0.29, 0.717) is 25.9 Å². The number of rotatable bonds is 5. The molecule has 1 saturated carbocycles. The molecule has 1 aliphatic carbocycles. The monoisotopic (exact) mass is 474 g/mol. The Hall–Kier alpha value is -3.35. The van der Waals surface area contributed by atoms with Crippen LogP contribution in [-0.2, 0) is 24.2 Å². The van der Waals surface area contributed by atoms with E-state index in [-0.39, 0.29) is 23.9 Å². The summed E-state index contributed by atoms with van der Waals surface area (Å²) in [5.74, 6) is 0.376. The molecule has 0 saturated heterocycles. The van der Waals surface area contributed by atoms with Gasteiger partial charge in [-0.3, -0.25) is 4.79 Å². The zero-order valence-corrected chi connectivity index (χ0v) is 20.5. The topological polar surface area (TPSA) is 87.5 Å². The smallest absolute Gasteiger partial charge is 0.317 e. The van der Waals surface area contributed by atoms with E-state index in [1.165, 1.54) is 11.1 Å². The predicted molar refractivity (Wildman–Crippen MR) is 135 cm³/mol. The molecule has 2 aliphatic rings. The van der Waals surface area contributed by atoms with Gasteiger partial charge in [-0.15, -0.1) is 0 Å². The summed E-state index contributed by atoms with van der Waals surface area (Å²) in [6.07, 6.45) is 4.78. The summed E-state index contributed by atoms with van der Waals surface area (Å²) in [6.45, 7) is 3.51. The number of nitrogens with one attached hydrogen (secondary N) is 1. The molecule has 1 aliphatic heterocycles. The minimum Gasteiger partial charge on any atom is -0.481 e. The van der Waals surface area contributed by atoms with Crippen LogP contribution in [0.1, 0.15) is 67.1 Å². The third kappa shape index (κ3) is 4.51. The second-order valence-corrected chi connectivity index (χ2v) is 10.1. The Morgan fingerprint density at radius 1 is 1.11 bits per heavy atom. The van der Waals surface area contributed by atoms with Crippen molar-refractivity contribution in [3.63, 3.8) is 0 Å². The zero-order valence-electron chi connectivity index (χ0n) is 20.5.